The number of anilines is 1. The van der Waals surface area contributed by atoms with Crippen molar-refractivity contribution in [2.24, 2.45) is 23.2 Å². The molecule has 3 heterocycles. The van der Waals surface area contributed by atoms with Gasteiger partial charge in [0.25, 0.3) is 0 Å². The zero-order valence-electron chi connectivity index (χ0n) is 19.2. The second-order valence-corrected chi connectivity index (χ2v) is 11.2. The van der Waals surface area contributed by atoms with E-state index in [4.69, 9.17) is 9.47 Å². The van der Waals surface area contributed by atoms with Crippen molar-refractivity contribution in [2.75, 3.05) is 37.6 Å². The van der Waals surface area contributed by atoms with E-state index in [1.54, 1.807) is 0 Å². The molecule has 0 aromatic heterocycles. The minimum atomic E-state index is -0.0291. The van der Waals surface area contributed by atoms with E-state index in [1.807, 2.05) is 0 Å². The standard InChI is InChI=1S/C26H36N2O3/c1-17-6-4-8-19(14-17)28-12-10-27(11-13-28)16-20-22-21(30-24(20)29)15-25(3)9-5-7-18(2)26(25)23(22)31-26/h4,6,8,14,18,20-23H,5,7,9-13,15-16H2,1-3H3/t18-,20-,21+,22+,23+,25+,26+/m0/s1. The Balaban J connectivity index is 1.14. The Morgan fingerprint density at radius 1 is 1.19 bits per heavy atom. The number of hydrogen-bond donors (Lipinski definition) is 0. The molecular formula is C26H36N2O3. The van der Waals surface area contributed by atoms with Crippen LogP contribution in [0.25, 0.3) is 0 Å². The van der Waals surface area contributed by atoms with Crippen LogP contribution in [0.4, 0.5) is 5.69 Å². The summed E-state index contributed by atoms with van der Waals surface area (Å²) in [6.07, 6.45) is 5.00. The number of carbonyl (C=O) groups is 1. The summed E-state index contributed by atoms with van der Waals surface area (Å²) < 4.78 is 12.6. The van der Waals surface area contributed by atoms with Gasteiger partial charge in [-0.2, -0.15) is 0 Å². The quantitative estimate of drug-likeness (QED) is 0.548. The number of rotatable bonds is 3. The van der Waals surface area contributed by atoms with Crippen LogP contribution in [0.3, 0.4) is 0 Å². The van der Waals surface area contributed by atoms with Gasteiger partial charge in [0.05, 0.1) is 12.0 Å². The topological polar surface area (TPSA) is 45.3 Å². The molecule has 0 unspecified atom stereocenters. The molecule has 5 aliphatic rings. The lowest BCUT2D eigenvalue weighted by Crippen LogP contribution is -2.55. The molecule has 3 aliphatic heterocycles. The van der Waals surface area contributed by atoms with Crippen molar-refractivity contribution in [3.8, 4) is 0 Å². The van der Waals surface area contributed by atoms with Gasteiger partial charge in [-0.25, -0.2) is 0 Å². The third-order valence-corrected chi connectivity index (χ3v) is 9.39. The van der Waals surface area contributed by atoms with Gasteiger partial charge in [0.15, 0.2) is 0 Å². The molecule has 2 aliphatic carbocycles. The van der Waals surface area contributed by atoms with Crippen molar-refractivity contribution in [2.45, 2.75) is 64.3 Å². The van der Waals surface area contributed by atoms with Crippen LogP contribution < -0.4 is 4.90 Å². The molecule has 0 N–H and O–H groups in total. The Morgan fingerprint density at radius 2 is 2.00 bits per heavy atom. The maximum absolute atomic E-state index is 13.0. The number of esters is 1. The molecule has 5 fully saturated rings. The van der Waals surface area contributed by atoms with E-state index in [-0.39, 0.29) is 41.0 Å². The van der Waals surface area contributed by atoms with E-state index < -0.39 is 0 Å². The van der Waals surface area contributed by atoms with Gasteiger partial charge in [0.2, 0.25) is 0 Å². The molecule has 5 nitrogen and oxygen atoms in total. The number of aryl methyl sites for hydroxylation is 1. The fourth-order valence-corrected chi connectivity index (χ4v) is 7.73. The summed E-state index contributed by atoms with van der Waals surface area (Å²) in [5.41, 5.74) is 2.79. The van der Waals surface area contributed by atoms with E-state index in [0.717, 1.165) is 39.1 Å². The first kappa shape index (κ1) is 20.0. The van der Waals surface area contributed by atoms with E-state index in [0.29, 0.717) is 5.92 Å². The summed E-state index contributed by atoms with van der Waals surface area (Å²) in [5.74, 6) is 0.831. The van der Waals surface area contributed by atoms with Gasteiger partial charge >= 0.3 is 5.97 Å². The van der Waals surface area contributed by atoms with Gasteiger partial charge in [-0.05, 0) is 49.8 Å². The Kier molecular flexibility index (Phi) is 4.50. The molecule has 0 radical (unpaired) electrons. The predicted octanol–water partition coefficient (Wildman–Crippen LogP) is 3.64. The van der Waals surface area contributed by atoms with Gasteiger partial charge in [0.1, 0.15) is 11.7 Å². The lowest BCUT2D eigenvalue weighted by Gasteiger charge is -2.49. The largest absolute Gasteiger partial charge is 0.462 e. The second kappa shape index (κ2) is 6.95. The van der Waals surface area contributed by atoms with E-state index in [2.05, 4.69) is 54.8 Å². The van der Waals surface area contributed by atoms with Crippen LogP contribution in [0, 0.1) is 30.1 Å². The van der Waals surface area contributed by atoms with Crippen molar-refractivity contribution in [1.29, 1.82) is 0 Å². The molecule has 1 spiro atoms. The van der Waals surface area contributed by atoms with Crippen molar-refractivity contribution in [1.82, 2.24) is 4.90 Å². The average molecular weight is 425 g/mol. The first-order valence-corrected chi connectivity index (χ1v) is 12.3. The van der Waals surface area contributed by atoms with Crippen LogP contribution in [-0.2, 0) is 14.3 Å². The van der Waals surface area contributed by atoms with Crippen molar-refractivity contribution < 1.29 is 14.3 Å². The smallest absolute Gasteiger partial charge is 0.311 e. The van der Waals surface area contributed by atoms with Crippen molar-refractivity contribution >= 4 is 11.7 Å². The summed E-state index contributed by atoms with van der Waals surface area (Å²) in [6, 6.07) is 8.76. The molecule has 3 saturated heterocycles. The first-order valence-electron chi connectivity index (χ1n) is 12.3. The number of carbonyl (C=O) groups excluding carboxylic acids is 1. The highest BCUT2D eigenvalue weighted by molar-refractivity contribution is 5.76. The van der Waals surface area contributed by atoms with Gasteiger partial charge in [-0.1, -0.05) is 32.4 Å². The molecule has 168 valence electrons. The summed E-state index contributed by atoms with van der Waals surface area (Å²) in [6.45, 7) is 11.8. The number of epoxide rings is 1. The zero-order chi connectivity index (χ0) is 21.4. The molecule has 0 amide bonds. The lowest BCUT2D eigenvalue weighted by molar-refractivity contribution is -0.146. The van der Waals surface area contributed by atoms with E-state index in [1.165, 1.54) is 30.5 Å². The molecule has 1 aromatic rings. The first-order chi connectivity index (χ1) is 14.9. The molecule has 2 saturated carbocycles. The molecule has 5 heteroatoms. The minimum absolute atomic E-state index is 0.00249. The van der Waals surface area contributed by atoms with Gasteiger partial charge in [-0.15, -0.1) is 0 Å². The number of piperazine rings is 1. The van der Waals surface area contributed by atoms with Crippen molar-refractivity contribution in [3.05, 3.63) is 29.8 Å². The number of benzene rings is 1. The van der Waals surface area contributed by atoms with E-state index in [9.17, 15) is 4.79 Å². The predicted molar refractivity (Wildman–Crippen MR) is 120 cm³/mol. The normalized spacial score (nSPS) is 44.3. The average Bonchev–Trinajstić information content (AvgIpc) is 3.43. The summed E-state index contributed by atoms with van der Waals surface area (Å²) in [4.78, 5) is 17.9. The van der Waals surface area contributed by atoms with Crippen LogP contribution in [0.5, 0.6) is 0 Å². The molecule has 31 heavy (non-hydrogen) atoms. The van der Waals surface area contributed by atoms with Crippen molar-refractivity contribution in [3.63, 3.8) is 0 Å². The Bertz CT molecular complexity index is 881. The zero-order valence-corrected chi connectivity index (χ0v) is 19.2. The number of hydrogen-bond acceptors (Lipinski definition) is 5. The highest BCUT2D eigenvalue weighted by Gasteiger charge is 2.78. The minimum Gasteiger partial charge on any atom is -0.462 e. The van der Waals surface area contributed by atoms with Crippen LogP contribution in [-0.4, -0.2) is 61.4 Å². The number of ether oxygens (including phenoxy) is 2. The fraction of sp³-hybridized carbons (Fsp3) is 0.731. The molecule has 6 rings (SSSR count). The maximum Gasteiger partial charge on any atom is 0.311 e. The summed E-state index contributed by atoms with van der Waals surface area (Å²) in [7, 11) is 0. The van der Waals surface area contributed by atoms with E-state index >= 15 is 0 Å². The Hall–Kier alpha value is -1.59. The summed E-state index contributed by atoms with van der Waals surface area (Å²) >= 11 is 0. The van der Waals surface area contributed by atoms with Crippen LogP contribution in [0.15, 0.2) is 24.3 Å². The van der Waals surface area contributed by atoms with Crippen LogP contribution in [0.2, 0.25) is 0 Å². The van der Waals surface area contributed by atoms with Crippen LogP contribution in [0.1, 0.15) is 45.1 Å². The Labute approximate surface area is 186 Å². The fourth-order valence-electron chi connectivity index (χ4n) is 7.73. The molecular weight excluding hydrogens is 388 g/mol. The molecule has 7 atom stereocenters. The maximum atomic E-state index is 13.0. The summed E-state index contributed by atoms with van der Waals surface area (Å²) in [5, 5.41) is 0. The van der Waals surface area contributed by atoms with Gasteiger partial charge in [0, 0.05) is 49.7 Å². The number of fused-ring (bicyclic) bond motifs is 2. The second-order valence-electron chi connectivity index (χ2n) is 11.2. The molecule has 0 bridgehead atoms. The third kappa shape index (κ3) is 2.92. The third-order valence-electron chi connectivity index (χ3n) is 9.39. The Morgan fingerprint density at radius 3 is 2.77 bits per heavy atom. The highest BCUT2D eigenvalue weighted by atomic mass is 16.6. The lowest BCUT2D eigenvalue weighted by atomic mass is 9.53. The molecule has 1 aromatic carbocycles. The SMILES string of the molecule is Cc1cccc(N2CCN(C[C@@H]3C(=O)O[C@@H]4C[C@@]5(C)CCC[C@H](C)[C@]56O[C@@H]6[C@H]34)CC2)c1. The number of nitrogens with zero attached hydrogens (tertiary/aromatic N) is 2. The van der Waals surface area contributed by atoms with Crippen LogP contribution >= 0.6 is 0 Å². The van der Waals surface area contributed by atoms with Gasteiger partial charge < -0.3 is 14.4 Å². The highest BCUT2D eigenvalue weighted by Crippen LogP contribution is 2.70. The van der Waals surface area contributed by atoms with Gasteiger partial charge in [-0.3, -0.25) is 9.69 Å². The monoisotopic (exact) mass is 424 g/mol.